The van der Waals surface area contributed by atoms with Gasteiger partial charge in [0.1, 0.15) is 12.8 Å². The minimum atomic E-state index is 0.101. The van der Waals surface area contributed by atoms with E-state index in [1.54, 1.807) is 7.11 Å². The van der Waals surface area contributed by atoms with Crippen molar-refractivity contribution in [1.82, 2.24) is 4.90 Å². The fourth-order valence-electron chi connectivity index (χ4n) is 3.23. The smallest absolute Gasteiger partial charge is 0.254 e. The van der Waals surface area contributed by atoms with Crippen molar-refractivity contribution >= 4 is 5.91 Å². The molecule has 0 radical (unpaired) electrons. The first-order valence-electron chi connectivity index (χ1n) is 8.09. The van der Waals surface area contributed by atoms with Crippen LogP contribution in [0, 0.1) is 0 Å². The zero-order valence-corrected chi connectivity index (χ0v) is 13.7. The standard InChI is InChI=1S/C19H23N2O2/c1-20-12-5-6-16(14-20)18-7-3-4-13-21(18)19(22)15-8-10-17(23-2)11-9-15/h5-6,8-12,14,18H,3-4,7,13H2,1-2H3/q+1/t18-/m1/s1. The SMILES string of the molecule is COc1ccc(C(=O)N2CCCC[C@@H]2c2ccc[n+](C)c2)cc1. The maximum Gasteiger partial charge on any atom is 0.254 e. The summed E-state index contributed by atoms with van der Waals surface area (Å²) in [6.45, 7) is 0.814. The fourth-order valence-corrected chi connectivity index (χ4v) is 3.23. The molecule has 1 atom stereocenters. The normalized spacial score (nSPS) is 17.8. The monoisotopic (exact) mass is 311 g/mol. The molecule has 0 bridgehead atoms. The summed E-state index contributed by atoms with van der Waals surface area (Å²) >= 11 is 0. The maximum atomic E-state index is 12.9. The van der Waals surface area contributed by atoms with E-state index >= 15 is 0 Å². The summed E-state index contributed by atoms with van der Waals surface area (Å²) in [7, 11) is 3.65. The molecule has 4 nitrogen and oxygen atoms in total. The Labute approximate surface area is 137 Å². The van der Waals surface area contributed by atoms with Crippen molar-refractivity contribution in [3.63, 3.8) is 0 Å². The average Bonchev–Trinajstić information content (AvgIpc) is 2.61. The predicted octanol–water partition coefficient (Wildman–Crippen LogP) is 2.89. The fraction of sp³-hybridized carbons (Fsp3) is 0.368. The van der Waals surface area contributed by atoms with Crippen molar-refractivity contribution in [3.05, 3.63) is 59.9 Å². The van der Waals surface area contributed by atoms with E-state index in [9.17, 15) is 4.79 Å². The lowest BCUT2D eigenvalue weighted by Gasteiger charge is -2.35. The topological polar surface area (TPSA) is 33.4 Å². The number of ether oxygens (including phenoxy) is 1. The molecule has 1 aliphatic heterocycles. The second-order valence-electron chi connectivity index (χ2n) is 6.04. The van der Waals surface area contributed by atoms with Gasteiger partial charge >= 0.3 is 0 Å². The molecule has 4 heteroatoms. The molecule has 0 N–H and O–H groups in total. The molecule has 1 aromatic heterocycles. The number of hydrogen-bond donors (Lipinski definition) is 0. The number of carbonyl (C=O) groups is 1. The van der Waals surface area contributed by atoms with E-state index in [4.69, 9.17) is 4.74 Å². The van der Waals surface area contributed by atoms with Crippen LogP contribution in [0.2, 0.25) is 0 Å². The van der Waals surface area contributed by atoms with Crippen LogP contribution in [-0.4, -0.2) is 24.5 Å². The molecule has 1 amide bonds. The highest BCUT2D eigenvalue weighted by molar-refractivity contribution is 5.94. The lowest BCUT2D eigenvalue weighted by Crippen LogP contribution is -2.39. The second kappa shape index (κ2) is 6.82. The Kier molecular flexibility index (Phi) is 4.60. The van der Waals surface area contributed by atoms with Crippen LogP contribution in [0.1, 0.15) is 41.2 Å². The number of rotatable bonds is 3. The van der Waals surface area contributed by atoms with E-state index < -0.39 is 0 Å². The van der Waals surface area contributed by atoms with Gasteiger partial charge in [0.05, 0.1) is 13.2 Å². The number of carbonyl (C=O) groups excluding carboxylic acids is 1. The van der Waals surface area contributed by atoms with Gasteiger partial charge in [-0.3, -0.25) is 4.79 Å². The van der Waals surface area contributed by atoms with Crippen LogP contribution < -0.4 is 9.30 Å². The molecule has 23 heavy (non-hydrogen) atoms. The maximum absolute atomic E-state index is 12.9. The minimum Gasteiger partial charge on any atom is -0.497 e. The largest absolute Gasteiger partial charge is 0.497 e. The molecule has 0 saturated carbocycles. The average molecular weight is 311 g/mol. The summed E-state index contributed by atoms with van der Waals surface area (Å²) in [4.78, 5) is 15.0. The quantitative estimate of drug-likeness (QED) is 0.817. The number of methoxy groups -OCH3 is 1. The number of hydrogen-bond acceptors (Lipinski definition) is 2. The van der Waals surface area contributed by atoms with Crippen molar-refractivity contribution in [3.8, 4) is 5.75 Å². The lowest BCUT2D eigenvalue weighted by molar-refractivity contribution is -0.672. The number of piperidine rings is 1. The molecule has 0 spiro atoms. The highest BCUT2D eigenvalue weighted by Crippen LogP contribution is 2.31. The van der Waals surface area contributed by atoms with E-state index in [0.717, 1.165) is 37.1 Å². The zero-order chi connectivity index (χ0) is 16.2. The Morgan fingerprint density at radius 1 is 1.22 bits per heavy atom. The van der Waals surface area contributed by atoms with Crippen molar-refractivity contribution in [1.29, 1.82) is 0 Å². The van der Waals surface area contributed by atoms with Crippen LogP contribution in [0.3, 0.4) is 0 Å². The van der Waals surface area contributed by atoms with Crippen LogP contribution in [0.5, 0.6) is 5.75 Å². The van der Waals surface area contributed by atoms with Crippen LogP contribution in [-0.2, 0) is 7.05 Å². The minimum absolute atomic E-state index is 0.101. The van der Waals surface area contributed by atoms with Gasteiger partial charge in [-0.25, -0.2) is 4.57 Å². The van der Waals surface area contributed by atoms with Crippen molar-refractivity contribution in [2.24, 2.45) is 7.05 Å². The van der Waals surface area contributed by atoms with Gasteiger partial charge in [-0.15, -0.1) is 0 Å². The molecular formula is C19H23N2O2+. The van der Waals surface area contributed by atoms with Gasteiger partial charge in [-0.1, -0.05) is 0 Å². The third-order valence-electron chi connectivity index (χ3n) is 4.45. The first-order valence-corrected chi connectivity index (χ1v) is 8.09. The molecule has 3 rings (SSSR count). The number of nitrogens with zero attached hydrogens (tertiary/aromatic N) is 2. The Balaban J connectivity index is 1.86. The second-order valence-corrected chi connectivity index (χ2v) is 6.04. The van der Waals surface area contributed by atoms with Gasteiger partial charge in [0.2, 0.25) is 0 Å². The molecule has 0 aliphatic carbocycles. The summed E-state index contributed by atoms with van der Waals surface area (Å²) in [5, 5.41) is 0. The molecular weight excluding hydrogens is 288 g/mol. The first kappa shape index (κ1) is 15.5. The van der Waals surface area contributed by atoms with Crippen LogP contribution in [0.25, 0.3) is 0 Å². The number of aromatic nitrogens is 1. The molecule has 2 heterocycles. The molecule has 120 valence electrons. The third-order valence-corrected chi connectivity index (χ3v) is 4.45. The van der Waals surface area contributed by atoms with E-state index in [2.05, 4.69) is 12.3 Å². The number of amides is 1. The molecule has 1 saturated heterocycles. The van der Waals surface area contributed by atoms with Crippen molar-refractivity contribution < 1.29 is 14.1 Å². The summed E-state index contributed by atoms with van der Waals surface area (Å²) in [6, 6.07) is 11.7. The van der Waals surface area contributed by atoms with E-state index in [-0.39, 0.29) is 11.9 Å². The Morgan fingerprint density at radius 2 is 2.00 bits per heavy atom. The molecule has 1 aliphatic rings. The Bertz CT molecular complexity index is 682. The van der Waals surface area contributed by atoms with Crippen LogP contribution >= 0.6 is 0 Å². The zero-order valence-electron chi connectivity index (χ0n) is 13.7. The van der Waals surface area contributed by atoms with Crippen molar-refractivity contribution in [2.75, 3.05) is 13.7 Å². The number of aryl methyl sites for hydroxylation is 1. The first-order chi connectivity index (χ1) is 11.2. The summed E-state index contributed by atoms with van der Waals surface area (Å²) in [6.07, 6.45) is 7.38. The van der Waals surface area contributed by atoms with Crippen LogP contribution in [0.4, 0.5) is 0 Å². The number of pyridine rings is 1. The molecule has 0 unspecified atom stereocenters. The third kappa shape index (κ3) is 3.36. The van der Waals surface area contributed by atoms with Gasteiger partial charge in [0.15, 0.2) is 12.4 Å². The van der Waals surface area contributed by atoms with Gasteiger partial charge in [0, 0.05) is 23.7 Å². The number of benzene rings is 1. The number of likely N-dealkylation sites (tertiary alicyclic amines) is 1. The molecule has 1 aromatic carbocycles. The van der Waals surface area contributed by atoms with E-state index in [0.29, 0.717) is 0 Å². The highest BCUT2D eigenvalue weighted by atomic mass is 16.5. The predicted molar refractivity (Wildman–Crippen MR) is 88.2 cm³/mol. The van der Waals surface area contributed by atoms with E-state index in [1.807, 2.05) is 53.0 Å². The summed E-state index contributed by atoms with van der Waals surface area (Å²) in [5.41, 5.74) is 1.93. The van der Waals surface area contributed by atoms with Gasteiger partial charge in [-0.2, -0.15) is 0 Å². The van der Waals surface area contributed by atoms with Crippen LogP contribution in [0.15, 0.2) is 48.8 Å². The summed E-state index contributed by atoms with van der Waals surface area (Å²) < 4.78 is 7.21. The summed E-state index contributed by atoms with van der Waals surface area (Å²) in [5.74, 6) is 0.871. The van der Waals surface area contributed by atoms with Crippen molar-refractivity contribution in [2.45, 2.75) is 25.3 Å². The highest BCUT2D eigenvalue weighted by Gasteiger charge is 2.29. The van der Waals surface area contributed by atoms with E-state index in [1.165, 1.54) is 5.56 Å². The van der Waals surface area contributed by atoms with Gasteiger partial charge in [0.25, 0.3) is 5.91 Å². The van der Waals surface area contributed by atoms with Gasteiger partial charge in [-0.05, 0) is 49.6 Å². The van der Waals surface area contributed by atoms with Gasteiger partial charge < -0.3 is 9.64 Å². The molecule has 1 fully saturated rings. The lowest BCUT2D eigenvalue weighted by atomic mass is 9.95. The Morgan fingerprint density at radius 3 is 2.70 bits per heavy atom. The Hall–Kier alpha value is -2.36. The molecule has 2 aromatic rings.